The van der Waals surface area contributed by atoms with Crippen molar-refractivity contribution in [1.29, 1.82) is 0 Å². The Morgan fingerprint density at radius 3 is 3.00 bits per heavy atom. The second-order valence-corrected chi connectivity index (χ2v) is 2.56. The van der Waals surface area contributed by atoms with Gasteiger partial charge >= 0.3 is 0 Å². The average molecular weight is 114 g/mol. The largest absolute Gasteiger partial charge is 0.292 e. The minimum Gasteiger partial charge on any atom is -0.292 e. The molecule has 3 heteroatoms. The second kappa shape index (κ2) is 1.93. The Balaban J connectivity index is 2.59. The molecule has 0 N–H and O–H groups in total. The molecule has 0 saturated carbocycles. The summed E-state index contributed by atoms with van der Waals surface area (Å²) in [5.74, 6) is 0. The molecule has 7 heavy (non-hydrogen) atoms. The molecule has 0 aromatic rings. The van der Waals surface area contributed by atoms with E-state index < -0.39 is 10.9 Å². The Morgan fingerprint density at radius 1 is 1.86 bits per heavy atom. The minimum atomic E-state index is -0.721. The van der Waals surface area contributed by atoms with Gasteiger partial charge in [0, 0.05) is 6.20 Å². The molecule has 1 unspecified atom stereocenters. The summed E-state index contributed by atoms with van der Waals surface area (Å²) in [7, 11) is -0.721. The molecule has 1 aliphatic heterocycles. The van der Waals surface area contributed by atoms with Crippen LogP contribution in [-0.4, -0.2) is 11.2 Å². The van der Waals surface area contributed by atoms with Crippen molar-refractivity contribution in [3.05, 3.63) is 11.6 Å². The fourth-order valence-corrected chi connectivity index (χ4v) is 0.892. The number of rotatable bonds is 1. The van der Waals surface area contributed by atoms with Gasteiger partial charge in [-0.1, -0.05) is 0 Å². The van der Waals surface area contributed by atoms with Gasteiger partial charge in [-0.3, -0.25) is 4.79 Å². The van der Waals surface area contributed by atoms with Gasteiger partial charge in [-0.25, -0.2) is 4.99 Å². The van der Waals surface area contributed by atoms with Crippen LogP contribution in [-0.2, 0) is 4.79 Å². The van der Waals surface area contributed by atoms with E-state index in [0.29, 0.717) is 0 Å². The molecular weight excluding hydrogens is 110 g/mol. The number of aliphatic imine (C=N–C) groups is 1. The summed E-state index contributed by atoms with van der Waals surface area (Å²) in [6.45, 7) is 0. The first-order chi connectivity index (χ1) is 3.43. The van der Waals surface area contributed by atoms with E-state index in [-0.39, 0.29) is 0 Å². The smallest absolute Gasteiger partial charge is 0.165 e. The Bertz CT molecular complexity index is 118. The molecule has 0 spiro atoms. The highest BCUT2D eigenvalue weighted by Gasteiger charge is 1.94. The van der Waals surface area contributed by atoms with E-state index in [1.165, 1.54) is 0 Å². The molecule has 0 aliphatic carbocycles. The summed E-state index contributed by atoms with van der Waals surface area (Å²) in [6.07, 6.45) is 1.60. The van der Waals surface area contributed by atoms with Crippen molar-refractivity contribution in [2.75, 3.05) is 0 Å². The van der Waals surface area contributed by atoms with Crippen molar-refractivity contribution in [2.24, 2.45) is 4.99 Å². The first-order valence-electron chi connectivity index (χ1n) is 1.79. The number of carbonyl (C=O) groups excluding carboxylic acids is 1. The van der Waals surface area contributed by atoms with E-state index in [2.05, 4.69) is 10.5 Å². The highest BCUT2D eigenvalue weighted by Crippen LogP contribution is 2.22. The molecule has 0 bridgehead atoms. The third-order valence-corrected chi connectivity index (χ3v) is 1.62. The van der Waals surface area contributed by atoms with Gasteiger partial charge in [0.05, 0.1) is 0 Å². The van der Waals surface area contributed by atoms with Crippen molar-refractivity contribution in [3.63, 3.8) is 0 Å². The fraction of sp³-hybridized carbons (Fsp3) is 0. The summed E-state index contributed by atoms with van der Waals surface area (Å²) >= 11 is 0. The van der Waals surface area contributed by atoms with Crippen LogP contribution in [0.1, 0.15) is 0 Å². The second-order valence-electron chi connectivity index (χ2n) is 1.04. The van der Waals surface area contributed by atoms with Crippen molar-refractivity contribution in [3.8, 4) is 0 Å². The molecular formula is C4H4NOS. The van der Waals surface area contributed by atoms with Gasteiger partial charge in [0.1, 0.15) is 5.55 Å². The Morgan fingerprint density at radius 2 is 2.71 bits per heavy atom. The molecule has 0 amide bonds. The van der Waals surface area contributed by atoms with Gasteiger partial charge in [0.15, 0.2) is 5.62 Å². The van der Waals surface area contributed by atoms with Crippen LogP contribution in [0.15, 0.2) is 16.6 Å². The molecule has 1 aliphatic rings. The highest BCUT2D eigenvalue weighted by molar-refractivity contribution is 8.40. The molecule has 2 nitrogen and oxygen atoms in total. The number of nitrogens with zero attached hydrogens (tertiary/aromatic N) is 1. The molecule has 1 rings (SSSR count). The van der Waals surface area contributed by atoms with Crippen LogP contribution < -0.4 is 0 Å². The molecule has 0 saturated heterocycles. The van der Waals surface area contributed by atoms with E-state index in [1.807, 2.05) is 0 Å². The van der Waals surface area contributed by atoms with Crippen LogP contribution in [0.4, 0.5) is 0 Å². The average Bonchev–Trinajstić information content (AvgIpc) is 2.14. The van der Waals surface area contributed by atoms with E-state index in [1.54, 1.807) is 11.6 Å². The molecule has 1 radical (unpaired) electrons. The fourth-order valence-electron chi connectivity index (χ4n) is 0.297. The first kappa shape index (κ1) is 4.59. The Kier molecular flexibility index (Phi) is 1.26. The normalized spacial score (nSPS) is 31.1. The van der Waals surface area contributed by atoms with E-state index in [4.69, 9.17) is 0 Å². The van der Waals surface area contributed by atoms with Gasteiger partial charge in [-0.05, 0) is 5.41 Å². The number of thiol groups is 1. The maximum absolute atomic E-state index is 9.86. The van der Waals surface area contributed by atoms with Crippen LogP contribution in [0.3, 0.4) is 0 Å². The molecule has 37 valence electrons. The molecule has 1 heterocycles. The number of hydrogen-bond donors (Lipinski definition) is 1. The van der Waals surface area contributed by atoms with E-state index in [9.17, 15) is 4.79 Å². The van der Waals surface area contributed by atoms with Crippen molar-refractivity contribution >= 4 is 22.1 Å². The van der Waals surface area contributed by atoms with Crippen LogP contribution in [0.5, 0.6) is 0 Å². The standard InChI is InChI=1S/C4H4NOS/c6-4-7-2-1-5-3-7/h1-2,4,7H. The zero-order chi connectivity index (χ0) is 5.11. The summed E-state index contributed by atoms with van der Waals surface area (Å²) in [6, 6.07) is 0. The predicted octanol–water partition coefficient (Wildman–Crippen LogP) is 0.568. The lowest BCUT2D eigenvalue weighted by Crippen LogP contribution is -1.69. The topological polar surface area (TPSA) is 29.4 Å². The summed E-state index contributed by atoms with van der Waals surface area (Å²) in [5.41, 5.74) is 3.48. The van der Waals surface area contributed by atoms with Gasteiger partial charge in [-0.15, -0.1) is 10.9 Å². The quantitative estimate of drug-likeness (QED) is 0.392. The van der Waals surface area contributed by atoms with Crippen molar-refractivity contribution < 1.29 is 4.79 Å². The Hall–Kier alpha value is -0.570. The highest BCUT2D eigenvalue weighted by atomic mass is 32.2. The van der Waals surface area contributed by atoms with Gasteiger partial charge in [0.25, 0.3) is 0 Å². The third-order valence-electron chi connectivity index (χ3n) is 0.589. The molecule has 0 fully saturated rings. The van der Waals surface area contributed by atoms with Gasteiger partial charge in [-0.2, -0.15) is 0 Å². The lowest BCUT2D eigenvalue weighted by molar-refractivity contribution is 0.570. The van der Waals surface area contributed by atoms with Crippen LogP contribution in [0, 0.1) is 0 Å². The first-order valence-corrected chi connectivity index (χ1v) is 3.27. The molecule has 0 aromatic carbocycles. The number of hydrogen-bond acceptors (Lipinski definition) is 2. The lowest BCUT2D eigenvalue weighted by atomic mass is 11.1. The SMILES string of the molecule is O=C[SH]1[C]=NC=C1. The Labute approximate surface area is 44.3 Å². The van der Waals surface area contributed by atoms with E-state index in [0.717, 1.165) is 5.62 Å². The van der Waals surface area contributed by atoms with Gasteiger partial charge in [0.2, 0.25) is 0 Å². The van der Waals surface area contributed by atoms with Crippen molar-refractivity contribution in [1.82, 2.24) is 0 Å². The van der Waals surface area contributed by atoms with Crippen LogP contribution >= 0.6 is 10.9 Å². The monoisotopic (exact) mass is 114 g/mol. The van der Waals surface area contributed by atoms with Crippen LogP contribution in [0.25, 0.3) is 0 Å². The zero-order valence-corrected chi connectivity index (χ0v) is 4.43. The minimum absolute atomic E-state index is 0.721. The maximum Gasteiger partial charge on any atom is 0.165 e. The molecule has 1 atom stereocenters. The molecule has 0 aromatic heterocycles. The van der Waals surface area contributed by atoms with Crippen molar-refractivity contribution in [2.45, 2.75) is 0 Å². The van der Waals surface area contributed by atoms with E-state index >= 15 is 0 Å². The summed E-state index contributed by atoms with van der Waals surface area (Å²) in [5, 5.41) is 1.75. The third kappa shape index (κ3) is 0.899. The van der Waals surface area contributed by atoms with Crippen LogP contribution in [0.2, 0.25) is 0 Å². The van der Waals surface area contributed by atoms with Gasteiger partial charge < -0.3 is 0 Å². The zero-order valence-electron chi connectivity index (χ0n) is 3.53. The summed E-state index contributed by atoms with van der Waals surface area (Å²) < 4.78 is 0. The maximum atomic E-state index is 9.86. The summed E-state index contributed by atoms with van der Waals surface area (Å²) in [4.78, 5) is 13.5. The lowest BCUT2D eigenvalue weighted by Gasteiger charge is -1.87. The predicted molar refractivity (Wildman–Crippen MR) is 32.3 cm³/mol. The number of carbonyl (C=O) groups is 1.